The van der Waals surface area contributed by atoms with E-state index in [1.807, 2.05) is 26.0 Å². The summed E-state index contributed by atoms with van der Waals surface area (Å²) >= 11 is 0. The number of ether oxygens (including phenoxy) is 2. The standard InChI is InChI=1S/C13H19NO2/c1-3-15-12-5-4-10-6-11(9(2)14)8-16-13(10)7-12/h4-5,7,9,11H,3,6,8,14H2,1-2H3/t9-,11?/m1/s1. The van der Waals surface area contributed by atoms with Crippen LogP contribution in [0.4, 0.5) is 0 Å². The van der Waals surface area contributed by atoms with E-state index in [0.717, 1.165) is 17.9 Å². The lowest BCUT2D eigenvalue weighted by Crippen LogP contribution is -2.35. The van der Waals surface area contributed by atoms with Crippen molar-refractivity contribution in [3.8, 4) is 11.5 Å². The highest BCUT2D eigenvalue weighted by atomic mass is 16.5. The highest BCUT2D eigenvalue weighted by Gasteiger charge is 2.22. The van der Waals surface area contributed by atoms with E-state index in [-0.39, 0.29) is 6.04 Å². The number of hydrogen-bond acceptors (Lipinski definition) is 3. The largest absolute Gasteiger partial charge is 0.494 e. The Kier molecular flexibility index (Phi) is 3.34. The van der Waals surface area contributed by atoms with Crippen LogP contribution in [0.15, 0.2) is 18.2 Å². The zero-order chi connectivity index (χ0) is 11.5. The van der Waals surface area contributed by atoms with Crippen molar-refractivity contribution in [2.24, 2.45) is 11.7 Å². The SMILES string of the molecule is CCOc1ccc2c(c1)OCC([C@@H](C)N)C2. The molecule has 1 aromatic rings. The first-order valence-electron chi connectivity index (χ1n) is 5.84. The van der Waals surface area contributed by atoms with E-state index >= 15 is 0 Å². The van der Waals surface area contributed by atoms with Gasteiger partial charge < -0.3 is 15.2 Å². The van der Waals surface area contributed by atoms with E-state index in [1.54, 1.807) is 0 Å². The van der Waals surface area contributed by atoms with Crippen molar-refractivity contribution in [1.29, 1.82) is 0 Å². The molecule has 0 radical (unpaired) electrons. The van der Waals surface area contributed by atoms with E-state index < -0.39 is 0 Å². The Labute approximate surface area is 96.5 Å². The van der Waals surface area contributed by atoms with Gasteiger partial charge in [0.1, 0.15) is 11.5 Å². The number of rotatable bonds is 3. The molecule has 2 atom stereocenters. The molecule has 2 N–H and O–H groups in total. The van der Waals surface area contributed by atoms with Crippen molar-refractivity contribution < 1.29 is 9.47 Å². The van der Waals surface area contributed by atoms with Gasteiger partial charge >= 0.3 is 0 Å². The quantitative estimate of drug-likeness (QED) is 0.849. The van der Waals surface area contributed by atoms with Crippen LogP contribution in [0.1, 0.15) is 19.4 Å². The monoisotopic (exact) mass is 221 g/mol. The molecule has 1 aliphatic heterocycles. The fourth-order valence-corrected chi connectivity index (χ4v) is 1.97. The van der Waals surface area contributed by atoms with Gasteiger partial charge in [0.15, 0.2) is 0 Å². The second-order valence-corrected chi connectivity index (χ2v) is 4.34. The Morgan fingerprint density at radius 2 is 2.38 bits per heavy atom. The number of hydrogen-bond donors (Lipinski definition) is 1. The van der Waals surface area contributed by atoms with Crippen LogP contribution in [0.25, 0.3) is 0 Å². The van der Waals surface area contributed by atoms with Crippen LogP contribution in [-0.4, -0.2) is 19.3 Å². The highest BCUT2D eigenvalue weighted by molar-refractivity contribution is 5.42. The topological polar surface area (TPSA) is 44.5 Å². The third-order valence-corrected chi connectivity index (χ3v) is 3.03. The van der Waals surface area contributed by atoms with Gasteiger partial charge in [-0.2, -0.15) is 0 Å². The molecule has 1 aliphatic rings. The third-order valence-electron chi connectivity index (χ3n) is 3.03. The molecular formula is C13H19NO2. The second kappa shape index (κ2) is 4.74. The van der Waals surface area contributed by atoms with Gasteiger partial charge in [-0.05, 0) is 31.9 Å². The maximum Gasteiger partial charge on any atom is 0.126 e. The molecule has 88 valence electrons. The second-order valence-electron chi connectivity index (χ2n) is 4.34. The fraction of sp³-hybridized carbons (Fsp3) is 0.538. The molecule has 0 bridgehead atoms. The Balaban J connectivity index is 2.15. The molecule has 0 saturated carbocycles. The Morgan fingerprint density at radius 3 is 3.06 bits per heavy atom. The molecule has 0 aliphatic carbocycles. The average molecular weight is 221 g/mol. The van der Waals surface area contributed by atoms with Gasteiger partial charge in [-0.25, -0.2) is 0 Å². The lowest BCUT2D eigenvalue weighted by Gasteiger charge is -2.28. The third kappa shape index (κ3) is 2.30. The van der Waals surface area contributed by atoms with Gasteiger partial charge in [0.2, 0.25) is 0 Å². The summed E-state index contributed by atoms with van der Waals surface area (Å²) in [4.78, 5) is 0. The normalized spacial score (nSPS) is 20.8. The van der Waals surface area contributed by atoms with Crippen LogP contribution in [0.2, 0.25) is 0 Å². The molecule has 0 fully saturated rings. The van der Waals surface area contributed by atoms with Gasteiger partial charge in [0.25, 0.3) is 0 Å². The van der Waals surface area contributed by atoms with Crippen molar-refractivity contribution in [3.63, 3.8) is 0 Å². The van der Waals surface area contributed by atoms with Gasteiger partial charge in [0.05, 0.1) is 13.2 Å². The van der Waals surface area contributed by atoms with Crippen molar-refractivity contribution in [2.45, 2.75) is 26.3 Å². The Morgan fingerprint density at radius 1 is 1.56 bits per heavy atom. The van der Waals surface area contributed by atoms with Gasteiger partial charge in [-0.15, -0.1) is 0 Å². The van der Waals surface area contributed by atoms with Crippen LogP contribution in [0.5, 0.6) is 11.5 Å². The molecular weight excluding hydrogens is 202 g/mol. The molecule has 16 heavy (non-hydrogen) atoms. The van der Waals surface area contributed by atoms with E-state index in [4.69, 9.17) is 15.2 Å². The molecule has 1 unspecified atom stereocenters. The Hall–Kier alpha value is -1.22. The van der Waals surface area contributed by atoms with E-state index in [1.165, 1.54) is 5.56 Å². The molecule has 0 spiro atoms. The first-order chi connectivity index (χ1) is 7.70. The number of benzene rings is 1. The molecule has 1 aromatic carbocycles. The predicted octanol–water partition coefficient (Wildman–Crippen LogP) is 1.98. The summed E-state index contributed by atoms with van der Waals surface area (Å²) in [6.07, 6.45) is 0.999. The van der Waals surface area contributed by atoms with Crippen molar-refractivity contribution in [1.82, 2.24) is 0 Å². The molecule has 1 heterocycles. The zero-order valence-electron chi connectivity index (χ0n) is 9.90. The van der Waals surface area contributed by atoms with Crippen LogP contribution in [0.3, 0.4) is 0 Å². The van der Waals surface area contributed by atoms with Crippen LogP contribution >= 0.6 is 0 Å². The van der Waals surface area contributed by atoms with Crippen molar-refractivity contribution in [3.05, 3.63) is 23.8 Å². The number of nitrogens with two attached hydrogens (primary N) is 1. The first kappa shape index (κ1) is 11.3. The van der Waals surface area contributed by atoms with Crippen LogP contribution in [0, 0.1) is 5.92 Å². The van der Waals surface area contributed by atoms with E-state index in [9.17, 15) is 0 Å². The van der Waals surface area contributed by atoms with Crippen LogP contribution < -0.4 is 15.2 Å². The summed E-state index contributed by atoms with van der Waals surface area (Å²) in [5, 5.41) is 0. The van der Waals surface area contributed by atoms with Crippen molar-refractivity contribution >= 4 is 0 Å². The summed E-state index contributed by atoms with van der Waals surface area (Å²) in [7, 11) is 0. The minimum atomic E-state index is 0.180. The summed E-state index contributed by atoms with van der Waals surface area (Å²) in [6.45, 7) is 5.40. The van der Waals surface area contributed by atoms with Crippen LogP contribution in [-0.2, 0) is 6.42 Å². The minimum Gasteiger partial charge on any atom is -0.494 e. The summed E-state index contributed by atoms with van der Waals surface area (Å²) in [5.74, 6) is 2.24. The van der Waals surface area contributed by atoms with E-state index in [0.29, 0.717) is 19.1 Å². The van der Waals surface area contributed by atoms with Gasteiger partial charge in [0, 0.05) is 18.0 Å². The summed E-state index contributed by atoms with van der Waals surface area (Å²) in [6, 6.07) is 6.22. The predicted molar refractivity (Wildman–Crippen MR) is 63.9 cm³/mol. The smallest absolute Gasteiger partial charge is 0.126 e. The van der Waals surface area contributed by atoms with E-state index in [2.05, 4.69) is 6.07 Å². The van der Waals surface area contributed by atoms with Crippen molar-refractivity contribution in [2.75, 3.05) is 13.2 Å². The fourth-order valence-electron chi connectivity index (χ4n) is 1.97. The Bertz CT molecular complexity index is 363. The minimum absolute atomic E-state index is 0.180. The maximum absolute atomic E-state index is 5.90. The number of fused-ring (bicyclic) bond motifs is 1. The summed E-state index contributed by atoms with van der Waals surface area (Å²) in [5.41, 5.74) is 7.13. The average Bonchev–Trinajstić information content (AvgIpc) is 2.28. The molecule has 0 saturated heterocycles. The maximum atomic E-state index is 5.90. The molecule has 3 nitrogen and oxygen atoms in total. The molecule has 0 amide bonds. The summed E-state index contributed by atoms with van der Waals surface area (Å²) < 4.78 is 11.2. The zero-order valence-corrected chi connectivity index (χ0v) is 9.90. The lowest BCUT2D eigenvalue weighted by atomic mass is 9.92. The highest BCUT2D eigenvalue weighted by Crippen LogP contribution is 2.31. The van der Waals surface area contributed by atoms with Gasteiger partial charge in [-0.3, -0.25) is 0 Å². The molecule has 0 aromatic heterocycles. The molecule has 3 heteroatoms. The lowest BCUT2D eigenvalue weighted by molar-refractivity contribution is 0.203. The van der Waals surface area contributed by atoms with Gasteiger partial charge in [-0.1, -0.05) is 6.07 Å². The molecule has 2 rings (SSSR count). The first-order valence-corrected chi connectivity index (χ1v) is 5.84.